The number of hydrogen-bond acceptors (Lipinski definition) is 6. The molecule has 0 aliphatic carbocycles. The lowest BCUT2D eigenvalue weighted by Crippen LogP contribution is -2.41. The van der Waals surface area contributed by atoms with E-state index < -0.39 is 18.0 Å². The van der Waals surface area contributed by atoms with Crippen LogP contribution in [-0.2, 0) is 11.2 Å². The third-order valence-corrected chi connectivity index (χ3v) is 6.04. The molecule has 1 aliphatic rings. The van der Waals surface area contributed by atoms with E-state index in [1.807, 2.05) is 29.2 Å². The fourth-order valence-corrected chi connectivity index (χ4v) is 4.37. The monoisotopic (exact) mass is 487 g/mol. The zero-order chi connectivity index (χ0) is 24.4. The number of urea groups is 1. The Balaban J connectivity index is 1.31. The van der Waals surface area contributed by atoms with Gasteiger partial charge in [0.2, 0.25) is 4.77 Å². The van der Waals surface area contributed by atoms with Crippen LogP contribution in [0, 0.1) is 4.77 Å². The molecule has 1 aliphatic heterocycles. The number of carboxylic acids is 1. The van der Waals surface area contributed by atoms with E-state index in [-0.39, 0.29) is 4.77 Å². The highest BCUT2D eigenvalue weighted by Gasteiger charge is 2.32. The summed E-state index contributed by atoms with van der Waals surface area (Å²) in [5.74, 6) is -0.865. The van der Waals surface area contributed by atoms with Crippen molar-refractivity contribution in [1.29, 1.82) is 0 Å². The normalized spacial score (nSPS) is 14.7. The average molecular weight is 488 g/mol. The Bertz CT molecular complexity index is 1450. The van der Waals surface area contributed by atoms with Crippen molar-refractivity contribution >= 4 is 47.0 Å². The van der Waals surface area contributed by atoms with Crippen molar-refractivity contribution in [2.75, 3.05) is 15.5 Å². The molecule has 5 rings (SSSR count). The van der Waals surface area contributed by atoms with Gasteiger partial charge in [-0.3, -0.25) is 0 Å². The Morgan fingerprint density at radius 3 is 2.49 bits per heavy atom. The first kappa shape index (κ1) is 22.3. The van der Waals surface area contributed by atoms with Crippen LogP contribution in [0.1, 0.15) is 12.0 Å². The van der Waals surface area contributed by atoms with Crippen molar-refractivity contribution in [2.45, 2.75) is 18.9 Å². The number of nitrogens with one attached hydrogen (secondary N) is 3. The number of rotatable bonds is 5. The molecular formula is C24H21N7O3S. The fourth-order valence-electron chi connectivity index (χ4n) is 4.19. The first-order valence-corrected chi connectivity index (χ1v) is 11.3. The van der Waals surface area contributed by atoms with Gasteiger partial charge in [-0.05, 0) is 79.2 Å². The molecule has 0 saturated carbocycles. The molecule has 0 spiro atoms. The summed E-state index contributed by atoms with van der Waals surface area (Å²) in [7, 11) is 0. The molecule has 1 atom stereocenters. The lowest BCUT2D eigenvalue weighted by Gasteiger charge is -2.36. The van der Waals surface area contributed by atoms with Crippen LogP contribution >= 0.6 is 12.2 Å². The molecule has 0 saturated heterocycles. The van der Waals surface area contributed by atoms with Gasteiger partial charge in [0.1, 0.15) is 6.04 Å². The number of benzene rings is 3. The molecule has 1 aromatic heterocycles. The van der Waals surface area contributed by atoms with Gasteiger partial charge >= 0.3 is 12.0 Å². The van der Waals surface area contributed by atoms with Crippen LogP contribution in [0.4, 0.5) is 27.5 Å². The van der Waals surface area contributed by atoms with Crippen molar-refractivity contribution in [2.24, 2.45) is 0 Å². The highest BCUT2D eigenvalue weighted by Crippen LogP contribution is 2.37. The fraction of sp³-hybridized carbons (Fsp3) is 0.125. The lowest BCUT2D eigenvalue weighted by molar-refractivity contribution is -0.138. The minimum atomic E-state index is -0.865. The number of aryl methyl sites for hydroxylation is 1. The molecule has 0 bridgehead atoms. The van der Waals surface area contributed by atoms with Crippen LogP contribution in [0.15, 0.2) is 72.8 Å². The number of hydrogen-bond donors (Lipinski definition) is 4. The summed E-state index contributed by atoms with van der Waals surface area (Å²) in [6, 6.07) is 20.9. The van der Waals surface area contributed by atoms with Crippen LogP contribution in [0.25, 0.3) is 5.69 Å². The Morgan fingerprint density at radius 2 is 1.74 bits per heavy atom. The summed E-state index contributed by atoms with van der Waals surface area (Å²) < 4.78 is 1.79. The topological polar surface area (TPSA) is 128 Å². The van der Waals surface area contributed by atoms with E-state index in [0.29, 0.717) is 29.9 Å². The molecule has 35 heavy (non-hydrogen) atoms. The summed E-state index contributed by atoms with van der Waals surface area (Å²) >= 11 is 5.11. The van der Waals surface area contributed by atoms with Crippen molar-refractivity contribution in [3.63, 3.8) is 0 Å². The number of carboxylic acid groups (broad SMARTS) is 1. The molecule has 4 N–H and O–H groups in total. The highest BCUT2D eigenvalue weighted by atomic mass is 32.1. The predicted octanol–water partition coefficient (Wildman–Crippen LogP) is 4.51. The number of aromatic amines is 1. The summed E-state index contributed by atoms with van der Waals surface area (Å²) in [6.45, 7) is 0. The van der Waals surface area contributed by atoms with Gasteiger partial charge in [0.15, 0.2) is 0 Å². The number of anilines is 4. The number of amides is 2. The van der Waals surface area contributed by atoms with Crippen molar-refractivity contribution in [1.82, 2.24) is 20.2 Å². The number of nitrogens with zero attached hydrogens (tertiary/aromatic N) is 4. The maximum atomic E-state index is 12.6. The van der Waals surface area contributed by atoms with Gasteiger partial charge < -0.3 is 20.6 Å². The van der Waals surface area contributed by atoms with Crippen LogP contribution in [0.3, 0.4) is 0 Å². The summed E-state index contributed by atoms with van der Waals surface area (Å²) in [5.41, 5.74) is 4.55. The number of aromatic nitrogens is 4. The second-order valence-electron chi connectivity index (χ2n) is 7.99. The second kappa shape index (κ2) is 9.39. The van der Waals surface area contributed by atoms with Crippen molar-refractivity contribution < 1.29 is 14.7 Å². The summed E-state index contributed by atoms with van der Waals surface area (Å²) in [4.78, 5) is 26.3. The molecule has 4 aromatic rings. The first-order valence-electron chi connectivity index (χ1n) is 10.9. The number of fused-ring (bicyclic) bond motifs is 1. The van der Waals surface area contributed by atoms with Gasteiger partial charge in [-0.15, -0.1) is 0 Å². The zero-order valence-electron chi connectivity index (χ0n) is 18.4. The molecular weight excluding hydrogens is 466 g/mol. The van der Waals surface area contributed by atoms with E-state index in [4.69, 9.17) is 12.2 Å². The molecule has 2 amide bonds. The van der Waals surface area contributed by atoms with Gasteiger partial charge in [0.25, 0.3) is 0 Å². The molecule has 3 aromatic carbocycles. The van der Waals surface area contributed by atoms with Gasteiger partial charge in [-0.2, -0.15) is 5.21 Å². The van der Waals surface area contributed by atoms with Crippen molar-refractivity contribution in [3.8, 4) is 5.69 Å². The second-order valence-corrected chi connectivity index (χ2v) is 8.35. The van der Waals surface area contributed by atoms with Crippen LogP contribution < -0.4 is 15.5 Å². The highest BCUT2D eigenvalue weighted by molar-refractivity contribution is 7.71. The minimum Gasteiger partial charge on any atom is -0.480 e. The number of H-pyrrole nitrogens is 1. The minimum absolute atomic E-state index is 0.271. The Morgan fingerprint density at radius 1 is 0.971 bits per heavy atom. The number of aliphatic carboxylic acids is 1. The molecule has 11 heteroatoms. The summed E-state index contributed by atoms with van der Waals surface area (Å²) in [5, 5.41) is 25.4. The molecule has 10 nitrogen and oxygen atoms in total. The standard InChI is InChI=1S/C24H21N7O3S/c32-22(33)21-13-8-15-4-1-2-7-20(15)30(21)18-11-9-16(10-12-18)25-23(34)26-17-5-3-6-19(14-17)31-24(35)27-28-29-31/h1-7,9-12,14,21H,8,13H2,(H,32,33)(H2,25,26,34)(H,27,29,35). The Hall–Kier alpha value is -4.51. The molecule has 1 unspecified atom stereocenters. The maximum absolute atomic E-state index is 12.6. The smallest absolute Gasteiger partial charge is 0.326 e. The SMILES string of the molecule is O=C(Nc1ccc(N2c3ccccc3CCC2C(=O)O)cc1)Nc1cccc(-n2[nH]nnc2=S)c1. The van der Waals surface area contributed by atoms with E-state index in [0.717, 1.165) is 16.9 Å². The Kier molecular flexibility index (Phi) is 5.98. The molecule has 176 valence electrons. The largest absolute Gasteiger partial charge is 0.480 e. The van der Waals surface area contributed by atoms with E-state index in [9.17, 15) is 14.7 Å². The molecule has 0 fully saturated rings. The van der Waals surface area contributed by atoms with Crippen LogP contribution in [-0.4, -0.2) is 43.4 Å². The van der Waals surface area contributed by atoms with Gasteiger partial charge in [0, 0.05) is 22.7 Å². The first-order chi connectivity index (χ1) is 17.0. The molecule has 0 radical (unpaired) electrons. The number of carbonyl (C=O) groups excluding carboxylic acids is 1. The third-order valence-electron chi connectivity index (χ3n) is 5.77. The van der Waals surface area contributed by atoms with Gasteiger partial charge in [-0.25, -0.2) is 14.3 Å². The number of carbonyl (C=O) groups is 2. The van der Waals surface area contributed by atoms with Crippen LogP contribution in [0.2, 0.25) is 0 Å². The van der Waals surface area contributed by atoms with Gasteiger partial charge in [0.05, 0.1) is 5.69 Å². The van der Waals surface area contributed by atoms with E-state index in [1.54, 1.807) is 48.5 Å². The quantitative estimate of drug-likeness (QED) is 0.305. The van der Waals surface area contributed by atoms with E-state index in [1.165, 1.54) is 4.68 Å². The molecule has 2 heterocycles. The van der Waals surface area contributed by atoms with Crippen LogP contribution in [0.5, 0.6) is 0 Å². The predicted molar refractivity (Wildman–Crippen MR) is 134 cm³/mol. The number of tetrazole rings is 1. The summed E-state index contributed by atoms with van der Waals surface area (Å²) in [6.07, 6.45) is 1.24. The lowest BCUT2D eigenvalue weighted by atomic mass is 9.95. The Labute approximate surface area is 205 Å². The van der Waals surface area contributed by atoms with Crippen molar-refractivity contribution in [3.05, 3.63) is 83.1 Å². The third kappa shape index (κ3) is 4.62. The maximum Gasteiger partial charge on any atom is 0.326 e. The zero-order valence-corrected chi connectivity index (χ0v) is 19.2. The number of para-hydroxylation sites is 1. The average Bonchev–Trinajstić information content (AvgIpc) is 3.29. The van der Waals surface area contributed by atoms with E-state index in [2.05, 4.69) is 26.2 Å². The van der Waals surface area contributed by atoms with E-state index >= 15 is 0 Å². The van der Waals surface area contributed by atoms with Gasteiger partial charge in [-0.1, -0.05) is 34.6 Å².